The highest BCUT2D eigenvalue weighted by Gasteiger charge is 2.19. The predicted octanol–water partition coefficient (Wildman–Crippen LogP) is 2.49. The van der Waals surface area contributed by atoms with E-state index >= 15 is 0 Å². The lowest BCUT2D eigenvalue weighted by Gasteiger charge is -2.18. The van der Waals surface area contributed by atoms with E-state index in [1.54, 1.807) is 12.1 Å². The molecule has 0 aliphatic rings. The van der Waals surface area contributed by atoms with Crippen LogP contribution in [0.1, 0.15) is 36.7 Å². The van der Waals surface area contributed by atoms with Crippen molar-refractivity contribution >= 4 is 17.4 Å². The molecule has 114 valence electrons. The molecule has 5 heteroatoms. The number of hydrogen-bond acceptors (Lipinski definition) is 3. The lowest BCUT2D eigenvalue weighted by atomic mass is 9.86. The number of hydrogen-bond donors (Lipinski definition) is 2. The normalized spacial score (nSPS) is 11.0. The van der Waals surface area contributed by atoms with E-state index in [0.29, 0.717) is 0 Å². The Morgan fingerprint density at radius 3 is 2.23 bits per heavy atom. The molecule has 1 heterocycles. The molecule has 2 aromatic rings. The summed E-state index contributed by atoms with van der Waals surface area (Å²) >= 11 is 0. The van der Waals surface area contributed by atoms with E-state index in [1.807, 2.05) is 12.1 Å². The zero-order valence-electron chi connectivity index (χ0n) is 12.8. The van der Waals surface area contributed by atoms with Crippen LogP contribution in [-0.2, 0) is 10.2 Å². The first-order chi connectivity index (χ1) is 10.3. The quantitative estimate of drug-likeness (QED) is 0.675. The fourth-order valence-electron chi connectivity index (χ4n) is 1.95. The average Bonchev–Trinajstić information content (AvgIpc) is 2.48. The Bertz CT molecular complexity index is 752. The van der Waals surface area contributed by atoms with Gasteiger partial charge in [0.2, 0.25) is 5.43 Å². The lowest BCUT2D eigenvalue weighted by Crippen LogP contribution is -2.26. The van der Waals surface area contributed by atoms with Crippen molar-refractivity contribution in [2.24, 2.45) is 0 Å². The number of benzene rings is 1. The summed E-state index contributed by atoms with van der Waals surface area (Å²) in [7, 11) is 0. The minimum absolute atomic E-state index is 0.0266. The van der Waals surface area contributed by atoms with Crippen LogP contribution in [0, 0.1) is 0 Å². The highest BCUT2D eigenvalue weighted by atomic mass is 16.2. The van der Waals surface area contributed by atoms with Crippen molar-refractivity contribution in [1.29, 1.82) is 0 Å². The number of H-pyrrole nitrogens is 1. The van der Waals surface area contributed by atoms with E-state index in [4.69, 9.17) is 0 Å². The molecule has 0 atom stereocenters. The first kappa shape index (κ1) is 15.7. The van der Waals surface area contributed by atoms with Gasteiger partial charge in [0, 0.05) is 24.0 Å². The average molecular weight is 298 g/mol. The molecule has 1 aromatic carbocycles. The van der Waals surface area contributed by atoms with Crippen molar-refractivity contribution in [3.8, 4) is 0 Å². The van der Waals surface area contributed by atoms with Gasteiger partial charge in [0.05, 0.1) is 0 Å². The van der Waals surface area contributed by atoms with Crippen molar-refractivity contribution in [1.82, 2.24) is 4.98 Å². The number of carbonyl (C=O) groups excluding carboxylic acids is 2. The molecule has 0 radical (unpaired) electrons. The van der Waals surface area contributed by atoms with Crippen molar-refractivity contribution in [3.63, 3.8) is 0 Å². The van der Waals surface area contributed by atoms with E-state index in [1.165, 1.54) is 18.5 Å². The van der Waals surface area contributed by atoms with Gasteiger partial charge in [0.1, 0.15) is 5.69 Å². The molecule has 0 unspecified atom stereocenters. The van der Waals surface area contributed by atoms with Crippen molar-refractivity contribution in [2.45, 2.75) is 26.2 Å². The molecule has 2 N–H and O–H groups in total. The fraction of sp³-hybridized carbons (Fsp3) is 0.235. The van der Waals surface area contributed by atoms with Crippen molar-refractivity contribution in [2.75, 3.05) is 5.32 Å². The first-order valence-electron chi connectivity index (χ1n) is 6.92. The number of ketones is 1. The van der Waals surface area contributed by atoms with Gasteiger partial charge in [-0.1, -0.05) is 45.0 Å². The third kappa shape index (κ3) is 3.49. The van der Waals surface area contributed by atoms with Gasteiger partial charge in [-0.05, 0) is 11.0 Å². The Hall–Kier alpha value is -2.69. The number of rotatable bonds is 3. The summed E-state index contributed by atoms with van der Waals surface area (Å²) < 4.78 is 0. The summed E-state index contributed by atoms with van der Waals surface area (Å²) in [4.78, 5) is 38.2. The van der Waals surface area contributed by atoms with E-state index in [0.717, 1.165) is 5.56 Å². The Morgan fingerprint density at radius 1 is 1.05 bits per heavy atom. The van der Waals surface area contributed by atoms with Crippen LogP contribution in [0.25, 0.3) is 0 Å². The number of nitrogens with one attached hydrogen (secondary N) is 2. The minimum atomic E-state index is -0.833. The smallest absolute Gasteiger partial charge is 0.296 e. The summed E-state index contributed by atoms with van der Waals surface area (Å²) in [6.45, 7) is 6.20. The van der Waals surface area contributed by atoms with Crippen LogP contribution in [-0.4, -0.2) is 16.7 Å². The monoisotopic (exact) mass is 298 g/mol. The minimum Gasteiger partial charge on any atom is -0.366 e. The maximum Gasteiger partial charge on any atom is 0.296 e. The van der Waals surface area contributed by atoms with Crippen molar-refractivity contribution in [3.05, 3.63) is 64.1 Å². The van der Waals surface area contributed by atoms with Gasteiger partial charge in [-0.3, -0.25) is 14.4 Å². The Kier molecular flexibility index (Phi) is 4.26. The van der Waals surface area contributed by atoms with Crippen LogP contribution in [0.3, 0.4) is 0 Å². The summed E-state index contributed by atoms with van der Waals surface area (Å²) in [6.07, 6.45) is 2.79. The van der Waals surface area contributed by atoms with Gasteiger partial charge < -0.3 is 10.3 Å². The van der Waals surface area contributed by atoms with Gasteiger partial charge in [-0.15, -0.1) is 0 Å². The zero-order valence-corrected chi connectivity index (χ0v) is 12.8. The van der Waals surface area contributed by atoms with Crippen LogP contribution in [0.4, 0.5) is 5.69 Å². The number of amides is 1. The summed E-state index contributed by atoms with van der Waals surface area (Å²) in [5.74, 6) is -1.51. The van der Waals surface area contributed by atoms with E-state index in [9.17, 15) is 14.4 Å². The van der Waals surface area contributed by atoms with Crippen LogP contribution < -0.4 is 10.7 Å². The molecule has 0 bridgehead atoms. The number of aromatic amines is 1. The van der Waals surface area contributed by atoms with Gasteiger partial charge in [-0.25, -0.2) is 0 Å². The number of anilines is 1. The molecule has 22 heavy (non-hydrogen) atoms. The van der Waals surface area contributed by atoms with Crippen LogP contribution in [0.2, 0.25) is 0 Å². The second-order valence-electron chi connectivity index (χ2n) is 6.03. The van der Waals surface area contributed by atoms with E-state index in [-0.39, 0.29) is 22.1 Å². The fourth-order valence-corrected chi connectivity index (χ4v) is 1.95. The van der Waals surface area contributed by atoms with Crippen molar-refractivity contribution < 1.29 is 9.59 Å². The molecule has 2 rings (SSSR count). The second kappa shape index (κ2) is 5.97. The summed E-state index contributed by atoms with van der Waals surface area (Å²) in [6, 6.07) is 8.18. The Morgan fingerprint density at radius 2 is 1.68 bits per heavy atom. The second-order valence-corrected chi connectivity index (χ2v) is 6.03. The highest BCUT2D eigenvalue weighted by molar-refractivity contribution is 6.46. The Labute approximate surface area is 128 Å². The molecule has 5 nitrogen and oxygen atoms in total. The molecular weight excluding hydrogens is 280 g/mol. The van der Waals surface area contributed by atoms with Gasteiger partial charge >= 0.3 is 0 Å². The molecule has 1 amide bonds. The molecule has 1 aromatic heterocycles. The number of pyridine rings is 1. The predicted molar refractivity (Wildman–Crippen MR) is 85.2 cm³/mol. The van der Waals surface area contributed by atoms with Crippen LogP contribution in [0.15, 0.2) is 47.5 Å². The molecule has 0 aliphatic heterocycles. The third-order valence-electron chi connectivity index (χ3n) is 3.29. The molecule has 0 fully saturated rings. The first-order valence-corrected chi connectivity index (χ1v) is 6.92. The van der Waals surface area contributed by atoms with Crippen LogP contribution in [0.5, 0.6) is 0 Å². The van der Waals surface area contributed by atoms with E-state index < -0.39 is 11.7 Å². The molecular formula is C17H18N2O3. The zero-order chi connectivity index (χ0) is 16.3. The molecule has 0 saturated heterocycles. The molecule has 0 saturated carbocycles. The van der Waals surface area contributed by atoms with E-state index in [2.05, 4.69) is 31.1 Å². The van der Waals surface area contributed by atoms with Gasteiger partial charge in [-0.2, -0.15) is 0 Å². The standard InChI is InChI=1S/C17H18N2O3/c1-17(2,3)12-6-4-11(5-7-12)15(21)16(22)19-13-10-18-9-8-14(13)20/h4-10H,1-3H3,(H,18,20)(H,19,22). The van der Waals surface area contributed by atoms with Gasteiger partial charge in [0.25, 0.3) is 11.7 Å². The molecule has 0 spiro atoms. The maximum absolute atomic E-state index is 12.1. The number of carbonyl (C=O) groups is 2. The largest absolute Gasteiger partial charge is 0.366 e. The van der Waals surface area contributed by atoms with Crippen LogP contribution >= 0.6 is 0 Å². The highest BCUT2D eigenvalue weighted by Crippen LogP contribution is 2.22. The molecule has 0 aliphatic carbocycles. The number of aromatic nitrogens is 1. The topological polar surface area (TPSA) is 79.0 Å². The summed E-state index contributed by atoms with van der Waals surface area (Å²) in [5, 5.41) is 2.32. The number of Topliss-reactive ketones (excluding diaryl/α,β-unsaturated/α-hetero) is 1. The Balaban J connectivity index is 2.16. The third-order valence-corrected chi connectivity index (χ3v) is 3.29. The SMILES string of the molecule is CC(C)(C)c1ccc(C(=O)C(=O)Nc2c[nH]ccc2=O)cc1. The van der Waals surface area contributed by atoms with Gasteiger partial charge in [0.15, 0.2) is 0 Å². The summed E-state index contributed by atoms with van der Waals surface area (Å²) in [5.41, 5.74) is 1.03. The lowest BCUT2D eigenvalue weighted by molar-refractivity contribution is -0.112. The maximum atomic E-state index is 12.1.